The van der Waals surface area contributed by atoms with Crippen molar-refractivity contribution in [3.63, 3.8) is 0 Å². The number of carbonyl (C=O) groups excluding carboxylic acids is 1. The molecule has 0 spiro atoms. The van der Waals surface area contributed by atoms with Gasteiger partial charge in [-0.15, -0.1) is 11.3 Å². The average Bonchev–Trinajstić information content (AvgIpc) is 2.75. The molecule has 1 unspecified atom stereocenters. The van der Waals surface area contributed by atoms with Crippen LogP contribution < -0.4 is 5.73 Å². The Morgan fingerprint density at radius 1 is 1.44 bits per heavy atom. The van der Waals surface area contributed by atoms with Gasteiger partial charge >= 0.3 is 5.97 Å². The predicted octanol–water partition coefficient (Wildman–Crippen LogP) is 2.12. The molecule has 2 N–H and O–H groups in total. The third-order valence-corrected chi connectivity index (χ3v) is 3.84. The fraction of sp³-hybridized carbons (Fsp3) is 0.692. The first-order chi connectivity index (χ1) is 8.23. The van der Waals surface area contributed by atoms with Crippen molar-refractivity contribution in [1.29, 1.82) is 0 Å². The van der Waals surface area contributed by atoms with Crippen LogP contribution in [0.5, 0.6) is 0 Å². The van der Waals surface area contributed by atoms with Crippen molar-refractivity contribution in [2.24, 2.45) is 11.1 Å². The highest BCUT2D eigenvalue weighted by Gasteiger charge is 2.34. The standard InChI is InChI=1S/C13H22N2O2S/c1-12(2,3)9-7-18-10(15-9)6-13(4,8-14)11(16)17-5/h7H,6,8,14H2,1-5H3. The highest BCUT2D eigenvalue weighted by atomic mass is 32.1. The van der Waals surface area contributed by atoms with Gasteiger partial charge in [-0.05, 0) is 6.92 Å². The molecule has 1 rings (SSSR count). The minimum absolute atomic E-state index is 0.0269. The molecule has 1 atom stereocenters. The van der Waals surface area contributed by atoms with Gasteiger partial charge in [-0.1, -0.05) is 20.8 Å². The van der Waals surface area contributed by atoms with Gasteiger partial charge in [0, 0.05) is 23.8 Å². The summed E-state index contributed by atoms with van der Waals surface area (Å²) in [5.41, 5.74) is 6.08. The van der Waals surface area contributed by atoms with E-state index in [0.717, 1.165) is 10.7 Å². The fourth-order valence-corrected chi connectivity index (χ4v) is 2.75. The van der Waals surface area contributed by atoms with Gasteiger partial charge in [0.1, 0.15) is 0 Å². The van der Waals surface area contributed by atoms with E-state index in [9.17, 15) is 4.79 Å². The molecule has 0 fully saturated rings. The molecule has 5 heteroatoms. The Bertz CT molecular complexity index is 423. The van der Waals surface area contributed by atoms with Crippen molar-refractivity contribution in [3.8, 4) is 0 Å². The lowest BCUT2D eigenvalue weighted by molar-refractivity contribution is -0.151. The smallest absolute Gasteiger partial charge is 0.313 e. The number of carbonyl (C=O) groups is 1. The average molecular weight is 270 g/mol. The van der Waals surface area contributed by atoms with E-state index in [1.54, 1.807) is 11.3 Å². The summed E-state index contributed by atoms with van der Waals surface area (Å²) in [5, 5.41) is 2.97. The maximum absolute atomic E-state index is 11.7. The van der Waals surface area contributed by atoms with Crippen molar-refractivity contribution >= 4 is 17.3 Å². The van der Waals surface area contributed by atoms with Crippen LogP contribution in [0.4, 0.5) is 0 Å². The van der Waals surface area contributed by atoms with Crippen molar-refractivity contribution < 1.29 is 9.53 Å². The summed E-state index contributed by atoms with van der Waals surface area (Å²) in [6, 6.07) is 0. The lowest BCUT2D eigenvalue weighted by atomic mass is 9.87. The maximum Gasteiger partial charge on any atom is 0.313 e. The second-order valence-electron chi connectivity index (χ2n) is 5.81. The fourth-order valence-electron chi connectivity index (χ4n) is 1.54. The number of nitrogens with two attached hydrogens (primary N) is 1. The van der Waals surface area contributed by atoms with Gasteiger partial charge in [0.2, 0.25) is 0 Å². The second kappa shape index (κ2) is 5.36. The molecule has 0 saturated carbocycles. The van der Waals surface area contributed by atoms with Crippen LogP contribution in [0.15, 0.2) is 5.38 Å². The molecule has 0 amide bonds. The zero-order valence-electron chi connectivity index (χ0n) is 11.7. The van der Waals surface area contributed by atoms with Gasteiger partial charge < -0.3 is 10.5 Å². The molecule has 1 aromatic rings. The summed E-state index contributed by atoms with van der Waals surface area (Å²) < 4.78 is 4.81. The van der Waals surface area contributed by atoms with Crippen LogP contribution in [-0.4, -0.2) is 24.6 Å². The number of ether oxygens (including phenoxy) is 1. The van der Waals surface area contributed by atoms with E-state index < -0.39 is 5.41 Å². The Kier molecular flexibility index (Phi) is 4.50. The van der Waals surface area contributed by atoms with Crippen LogP contribution in [0.25, 0.3) is 0 Å². The zero-order chi connectivity index (χ0) is 14.0. The third kappa shape index (κ3) is 3.29. The highest BCUT2D eigenvalue weighted by molar-refractivity contribution is 7.09. The number of thiazole rings is 1. The number of esters is 1. The quantitative estimate of drug-likeness (QED) is 0.851. The second-order valence-corrected chi connectivity index (χ2v) is 6.75. The van der Waals surface area contributed by atoms with E-state index in [1.165, 1.54) is 7.11 Å². The van der Waals surface area contributed by atoms with Crippen molar-refractivity contribution in [2.75, 3.05) is 13.7 Å². The Morgan fingerprint density at radius 3 is 2.44 bits per heavy atom. The first-order valence-corrected chi connectivity index (χ1v) is 6.84. The van der Waals surface area contributed by atoms with E-state index in [-0.39, 0.29) is 17.9 Å². The van der Waals surface area contributed by atoms with E-state index in [2.05, 4.69) is 25.8 Å². The van der Waals surface area contributed by atoms with Gasteiger partial charge in [-0.2, -0.15) is 0 Å². The highest BCUT2D eigenvalue weighted by Crippen LogP contribution is 2.28. The molecule has 0 saturated heterocycles. The van der Waals surface area contributed by atoms with Gasteiger partial charge in [0.15, 0.2) is 0 Å². The van der Waals surface area contributed by atoms with Crippen LogP contribution in [0.2, 0.25) is 0 Å². The van der Waals surface area contributed by atoms with Crippen LogP contribution in [0.1, 0.15) is 38.4 Å². The predicted molar refractivity (Wildman–Crippen MR) is 73.7 cm³/mol. The molecule has 0 bridgehead atoms. The molecule has 1 heterocycles. The van der Waals surface area contributed by atoms with Crippen LogP contribution in [-0.2, 0) is 21.4 Å². The van der Waals surface area contributed by atoms with E-state index in [0.29, 0.717) is 6.42 Å². The van der Waals surface area contributed by atoms with Crippen molar-refractivity contribution in [3.05, 3.63) is 16.1 Å². The van der Waals surface area contributed by atoms with E-state index in [1.807, 2.05) is 12.3 Å². The Balaban J connectivity index is 2.90. The Hall–Kier alpha value is -0.940. The van der Waals surface area contributed by atoms with Gasteiger partial charge in [-0.25, -0.2) is 4.98 Å². The topological polar surface area (TPSA) is 65.2 Å². The Labute approximate surface area is 113 Å². The summed E-state index contributed by atoms with van der Waals surface area (Å²) in [6.07, 6.45) is 0.525. The number of nitrogens with zero attached hydrogens (tertiary/aromatic N) is 1. The molecule has 0 radical (unpaired) electrons. The molecule has 0 aliphatic carbocycles. The minimum Gasteiger partial charge on any atom is -0.469 e. The van der Waals surface area contributed by atoms with Crippen molar-refractivity contribution in [2.45, 2.75) is 39.5 Å². The first kappa shape index (κ1) is 15.1. The Morgan fingerprint density at radius 2 is 2.06 bits per heavy atom. The monoisotopic (exact) mass is 270 g/mol. The van der Waals surface area contributed by atoms with Crippen LogP contribution >= 0.6 is 11.3 Å². The largest absolute Gasteiger partial charge is 0.469 e. The molecule has 0 aliphatic rings. The summed E-state index contributed by atoms with van der Waals surface area (Å²) in [5.74, 6) is -0.280. The number of methoxy groups -OCH3 is 1. The first-order valence-electron chi connectivity index (χ1n) is 5.96. The molecule has 102 valence electrons. The molecule has 0 aliphatic heterocycles. The molecule has 0 aromatic carbocycles. The summed E-state index contributed by atoms with van der Waals surface area (Å²) in [7, 11) is 1.39. The number of aromatic nitrogens is 1. The zero-order valence-corrected chi connectivity index (χ0v) is 12.6. The molecule has 4 nitrogen and oxygen atoms in total. The minimum atomic E-state index is -0.693. The maximum atomic E-state index is 11.7. The number of rotatable bonds is 4. The SMILES string of the molecule is COC(=O)C(C)(CN)Cc1nc(C(C)(C)C)cs1. The molecular weight excluding hydrogens is 248 g/mol. The number of hydrogen-bond acceptors (Lipinski definition) is 5. The third-order valence-electron chi connectivity index (χ3n) is 2.99. The summed E-state index contributed by atoms with van der Waals surface area (Å²) in [6.45, 7) is 8.43. The van der Waals surface area contributed by atoms with Gasteiger partial charge in [0.05, 0.1) is 23.2 Å². The molecule has 18 heavy (non-hydrogen) atoms. The van der Waals surface area contributed by atoms with Gasteiger partial charge in [-0.3, -0.25) is 4.79 Å². The molecule has 1 aromatic heterocycles. The normalized spacial score (nSPS) is 15.2. The lowest BCUT2D eigenvalue weighted by Gasteiger charge is -2.23. The van der Waals surface area contributed by atoms with Crippen molar-refractivity contribution in [1.82, 2.24) is 4.98 Å². The van der Waals surface area contributed by atoms with E-state index in [4.69, 9.17) is 10.5 Å². The summed E-state index contributed by atoms with van der Waals surface area (Å²) >= 11 is 1.57. The number of hydrogen-bond donors (Lipinski definition) is 1. The molecular formula is C13H22N2O2S. The lowest BCUT2D eigenvalue weighted by Crippen LogP contribution is -2.38. The van der Waals surface area contributed by atoms with Gasteiger partial charge in [0.25, 0.3) is 0 Å². The van der Waals surface area contributed by atoms with Crippen LogP contribution in [0.3, 0.4) is 0 Å². The van der Waals surface area contributed by atoms with E-state index >= 15 is 0 Å². The summed E-state index contributed by atoms with van der Waals surface area (Å²) in [4.78, 5) is 16.3. The van der Waals surface area contributed by atoms with Crippen LogP contribution in [0, 0.1) is 5.41 Å².